The zero-order valence-electron chi connectivity index (χ0n) is 17.9. The summed E-state index contributed by atoms with van der Waals surface area (Å²) >= 11 is 0. The van der Waals surface area contributed by atoms with E-state index in [1.54, 1.807) is 12.1 Å². The number of phenols is 1. The number of benzene rings is 2. The Balaban J connectivity index is 1.70. The van der Waals surface area contributed by atoms with Gasteiger partial charge in [0.05, 0.1) is 24.7 Å². The number of ether oxygens (including phenoxy) is 4. The molecule has 176 valence electrons. The summed E-state index contributed by atoms with van der Waals surface area (Å²) in [5, 5.41) is 40.0. The molecule has 4 rings (SSSR count). The zero-order chi connectivity index (χ0) is 23.7. The summed E-state index contributed by atoms with van der Waals surface area (Å²) in [5.74, 6) is 0.330. The Bertz CT molecular complexity index is 1170. The van der Waals surface area contributed by atoms with Crippen LogP contribution in [0.4, 0.5) is 0 Å². The molecule has 1 fully saturated rings. The number of hydrogen-bond donors (Lipinski definition) is 4. The molecule has 10 heteroatoms. The fraction of sp³-hybridized carbons (Fsp3) is 0.348. The van der Waals surface area contributed by atoms with Crippen LogP contribution in [0.1, 0.15) is 0 Å². The minimum Gasteiger partial charge on any atom is -0.508 e. The van der Waals surface area contributed by atoms with Crippen molar-refractivity contribution in [3.8, 4) is 28.4 Å². The van der Waals surface area contributed by atoms with Crippen molar-refractivity contribution in [2.45, 2.75) is 30.7 Å². The molecule has 0 bridgehead atoms. The summed E-state index contributed by atoms with van der Waals surface area (Å²) in [6.45, 7) is -0.466. The van der Waals surface area contributed by atoms with Gasteiger partial charge < -0.3 is 43.8 Å². The molecule has 0 radical (unpaired) electrons. The molecule has 0 saturated carbocycles. The standard InChI is InChI=1S/C23H24O10/c1-29-16-7-13-15(31-10-14(19(13)26)11-3-5-12(25)6-4-11)8-17(16)32-23-21(28)20(27)22(30-2)18(9-24)33-23/h3-8,10,18,20-25,27-28H,9H2,1-2H3/t18-,20-,21-,22-,23-/m1/s1. The van der Waals surface area contributed by atoms with E-state index in [9.17, 15) is 25.2 Å². The molecule has 2 heterocycles. The molecule has 1 aliphatic heterocycles. The van der Waals surface area contributed by atoms with Crippen LogP contribution >= 0.6 is 0 Å². The van der Waals surface area contributed by atoms with Crippen molar-refractivity contribution >= 4 is 11.0 Å². The fourth-order valence-electron chi connectivity index (χ4n) is 3.80. The minimum absolute atomic E-state index is 0.0740. The van der Waals surface area contributed by atoms with E-state index in [0.717, 1.165) is 0 Å². The van der Waals surface area contributed by atoms with Gasteiger partial charge in [-0.3, -0.25) is 4.79 Å². The van der Waals surface area contributed by atoms with Crippen molar-refractivity contribution in [1.29, 1.82) is 0 Å². The third kappa shape index (κ3) is 4.26. The van der Waals surface area contributed by atoms with Gasteiger partial charge in [-0.2, -0.15) is 0 Å². The molecule has 0 aliphatic carbocycles. The van der Waals surface area contributed by atoms with E-state index >= 15 is 0 Å². The summed E-state index contributed by atoms with van der Waals surface area (Å²) in [6, 6.07) is 8.98. The van der Waals surface area contributed by atoms with Crippen LogP contribution < -0.4 is 14.9 Å². The number of aliphatic hydroxyl groups is 3. The Morgan fingerprint density at radius 3 is 2.39 bits per heavy atom. The van der Waals surface area contributed by atoms with Gasteiger partial charge in [-0.1, -0.05) is 12.1 Å². The highest BCUT2D eigenvalue weighted by Crippen LogP contribution is 2.35. The van der Waals surface area contributed by atoms with E-state index in [-0.39, 0.29) is 33.6 Å². The van der Waals surface area contributed by atoms with Crippen molar-refractivity contribution in [2.75, 3.05) is 20.8 Å². The van der Waals surface area contributed by atoms with Crippen LogP contribution in [0.2, 0.25) is 0 Å². The van der Waals surface area contributed by atoms with Crippen molar-refractivity contribution in [3.63, 3.8) is 0 Å². The van der Waals surface area contributed by atoms with Crippen molar-refractivity contribution in [2.24, 2.45) is 0 Å². The van der Waals surface area contributed by atoms with Gasteiger partial charge >= 0.3 is 0 Å². The molecule has 2 aromatic carbocycles. The zero-order valence-corrected chi connectivity index (χ0v) is 17.9. The maximum Gasteiger partial charge on any atom is 0.229 e. The Morgan fingerprint density at radius 1 is 1.03 bits per heavy atom. The first-order valence-electron chi connectivity index (χ1n) is 10.1. The van der Waals surface area contributed by atoms with Gasteiger partial charge in [0.25, 0.3) is 0 Å². The lowest BCUT2D eigenvalue weighted by molar-refractivity contribution is -0.282. The highest BCUT2D eigenvalue weighted by Gasteiger charge is 2.46. The molecule has 1 saturated heterocycles. The quantitative estimate of drug-likeness (QED) is 0.420. The number of aliphatic hydroxyl groups excluding tert-OH is 3. The molecule has 10 nitrogen and oxygen atoms in total. The predicted molar refractivity (Wildman–Crippen MR) is 115 cm³/mol. The van der Waals surface area contributed by atoms with Crippen molar-refractivity contribution < 1.29 is 43.8 Å². The molecule has 5 atom stereocenters. The van der Waals surface area contributed by atoms with Crippen LogP contribution in [0.25, 0.3) is 22.1 Å². The molecular weight excluding hydrogens is 436 g/mol. The topological polar surface area (TPSA) is 148 Å². The Kier molecular flexibility index (Phi) is 6.54. The van der Waals surface area contributed by atoms with E-state index in [0.29, 0.717) is 11.1 Å². The van der Waals surface area contributed by atoms with Crippen LogP contribution in [-0.4, -0.2) is 72.0 Å². The Morgan fingerprint density at radius 2 is 1.76 bits per heavy atom. The molecule has 0 unspecified atom stereocenters. The monoisotopic (exact) mass is 460 g/mol. The second-order valence-electron chi connectivity index (χ2n) is 7.55. The van der Waals surface area contributed by atoms with E-state index < -0.39 is 37.3 Å². The van der Waals surface area contributed by atoms with Crippen LogP contribution in [0.15, 0.2) is 51.9 Å². The number of hydrogen-bond acceptors (Lipinski definition) is 10. The lowest BCUT2D eigenvalue weighted by atomic mass is 9.99. The largest absolute Gasteiger partial charge is 0.508 e. The summed E-state index contributed by atoms with van der Waals surface area (Å²) in [6.07, 6.45) is -4.79. The summed E-state index contributed by atoms with van der Waals surface area (Å²) in [5.41, 5.74) is 0.735. The lowest BCUT2D eigenvalue weighted by Gasteiger charge is -2.41. The van der Waals surface area contributed by atoms with Gasteiger partial charge in [-0.25, -0.2) is 0 Å². The van der Waals surface area contributed by atoms with Gasteiger partial charge in [0.2, 0.25) is 11.7 Å². The number of methoxy groups -OCH3 is 2. The minimum atomic E-state index is -1.48. The SMILES string of the molecule is COc1cc2c(=O)c(-c3ccc(O)cc3)coc2cc1O[C@@H]1O[C@H](CO)[C@@H](OC)[C@H](O)[C@H]1O. The molecule has 1 aromatic heterocycles. The number of aromatic hydroxyl groups is 1. The lowest BCUT2D eigenvalue weighted by Crippen LogP contribution is -2.60. The fourth-order valence-corrected chi connectivity index (χ4v) is 3.80. The van der Waals surface area contributed by atoms with Crippen molar-refractivity contribution in [1.82, 2.24) is 0 Å². The normalized spacial score (nSPS) is 25.2. The molecule has 0 spiro atoms. The molecular formula is C23H24O10. The van der Waals surface area contributed by atoms with Crippen LogP contribution in [0.3, 0.4) is 0 Å². The summed E-state index contributed by atoms with van der Waals surface area (Å²) in [7, 11) is 2.71. The van der Waals surface area contributed by atoms with Crippen LogP contribution in [-0.2, 0) is 9.47 Å². The average molecular weight is 460 g/mol. The first kappa shape index (κ1) is 23.0. The average Bonchev–Trinajstić information content (AvgIpc) is 2.82. The molecule has 1 aliphatic rings. The van der Waals surface area contributed by atoms with Gasteiger partial charge in [0.15, 0.2) is 11.5 Å². The van der Waals surface area contributed by atoms with Gasteiger partial charge in [-0.15, -0.1) is 0 Å². The van der Waals surface area contributed by atoms with E-state index in [1.807, 2.05) is 0 Å². The second kappa shape index (κ2) is 9.38. The highest BCUT2D eigenvalue weighted by molar-refractivity contribution is 5.84. The predicted octanol–water partition coefficient (Wildman–Crippen LogP) is 1.01. The summed E-state index contributed by atoms with van der Waals surface area (Å²) in [4.78, 5) is 13.1. The molecule has 33 heavy (non-hydrogen) atoms. The van der Waals surface area contributed by atoms with Crippen molar-refractivity contribution in [3.05, 3.63) is 52.9 Å². The van der Waals surface area contributed by atoms with E-state index in [1.165, 1.54) is 44.7 Å². The van der Waals surface area contributed by atoms with E-state index in [2.05, 4.69) is 0 Å². The molecule has 4 N–H and O–H groups in total. The first-order chi connectivity index (χ1) is 15.9. The molecule has 3 aromatic rings. The van der Waals surface area contributed by atoms with Gasteiger partial charge in [0, 0.05) is 13.2 Å². The third-order valence-corrected chi connectivity index (χ3v) is 5.57. The number of fused-ring (bicyclic) bond motifs is 1. The Hall–Kier alpha value is -3.15. The van der Waals surface area contributed by atoms with Crippen LogP contribution in [0, 0.1) is 0 Å². The second-order valence-corrected chi connectivity index (χ2v) is 7.55. The third-order valence-electron chi connectivity index (χ3n) is 5.57. The van der Waals surface area contributed by atoms with E-state index in [4.69, 9.17) is 23.4 Å². The number of rotatable bonds is 6. The Labute approximate surface area is 188 Å². The molecule has 0 amide bonds. The van der Waals surface area contributed by atoms with Crippen LogP contribution in [0.5, 0.6) is 17.2 Å². The summed E-state index contributed by atoms with van der Waals surface area (Å²) < 4.78 is 27.4. The van der Waals surface area contributed by atoms with Gasteiger partial charge in [0.1, 0.15) is 42.0 Å². The maximum absolute atomic E-state index is 13.1. The first-order valence-corrected chi connectivity index (χ1v) is 10.1. The maximum atomic E-state index is 13.1. The van der Waals surface area contributed by atoms with Gasteiger partial charge in [-0.05, 0) is 23.8 Å². The smallest absolute Gasteiger partial charge is 0.229 e. The highest BCUT2D eigenvalue weighted by atomic mass is 16.7. The number of phenolic OH excluding ortho intramolecular Hbond substituents is 1.